The van der Waals surface area contributed by atoms with Gasteiger partial charge in [0, 0.05) is 70.1 Å². The molecule has 31 heavy (non-hydrogen) atoms. The number of fused-ring (bicyclic) bond motifs is 3. The first-order valence-electron chi connectivity index (χ1n) is 11.0. The van der Waals surface area contributed by atoms with Crippen molar-refractivity contribution in [3.05, 3.63) is 36.3 Å². The van der Waals surface area contributed by atoms with Gasteiger partial charge in [-0.3, -0.25) is 14.5 Å². The molecule has 9 nitrogen and oxygen atoms in total. The Morgan fingerprint density at radius 1 is 1.06 bits per heavy atom. The standard InChI is InChI=1S/C22H25N5O4/c28-19(15-1-2-15)24-8-5-22(6-9-24)17-14-26(11-12-27(17)21(30)31-22)20(29)16-3-4-18-23-7-10-25(18)13-16/h3-4,7,10,13,15,17H,1-2,5-6,8-9,11-12,14H2. The van der Waals surface area contributed by atoms with Gasteiger partial charge in [-0.2, -0.15) is 0 Å². The summed E-state index contributed by atoms with van der Waals surface area (Å²) in [7, 11) is 0. The van der Waals surface area contributed by atoms with E-state index in [2.05, 4.69) is 4.98 Å². The Morgan fingerprint density at radius 3 is 2.65 bits per heavy atom. The molecule has 4 aliphatic rings. The molecule has 2 aromatic heterocycles. The van der Waals surface area contributed by atoms with Crippen molar-refractivity contribution in [3.8, 4) is 0 Å². The van der Waals surface area contributed by atoms with Gasteiger partial charge in [0.2, 0.25) is 5.91 Å². The number of pyridine rings is 1. The Bertz CT molecular complexity index is 1070. The van der Waals surface area contributed by atoms with Crippen molar-refractivity contribution in [2.75, 3.05) is 32.7 Å². The van der Waals surface area contributed by atoms with Gasteiger partial charge in [-0.1, -0.05) is 0 Å². The third-order valence-corrected chi connectivity index (χ3v) is 7.28. The predicted octanol–water partition coefficient (Wildman–Crippen LogP) is 1.38. The van der Waals surface area contributed by atoms with Crippen LogP contribution >= 0.6 is 0 Å². The van der Waals surface area contributed by atoms with E-state index in [9.17, 15) is 14.4 Å². The van der Waals surface area contributed by atoms with E-state index >= 15 is 0 Å². The fourth-order valence-corrected chi connectivity index (χ4v) is 5.30. The lowest BCUT2D eigenvalue weighted by atomic mass is 9.83. The molecule has 4 fully saturated rings. The summed E-state index contributed by atoms with van der Waals surface area (Å²) in [6.07, 6.45) is 8.27. The van der Waals surface area contributed by atoms with Crippen molar-refractivity contribution in [2.24, 2.45) is 5.92 Å². The Balaban J connectivity index is 1.20. The number of rotatable bonds is 2. The molecule has 3 amide bonds. The summed E-state index contributed by atoms with van der Waals surface area (Å²) in [5.41, 5.74) is 0.774. The second-order valence-corrected chi connectivity index (χ2v) is 9.10. The number of likely N-dealkylation sites (tertiary alicyclic amines) is 1. The highest BCUT2D eigenvalue weighted by Crippen LogP contribution is 2.41. The fraction of sp³-hybridized carbons (Fsp3) is 0.545. The third kappa shape index (κ3) is 2.97. The van der Waals surface area contributed by atoms with Gasteiger partial charge in [-0.25, -0.2) is 9.78 Å². The maximum absolute atomic E-state index is 13.2. The van der Waals surface area contributed by atoms with Crippen LogP contribution in [0.1, 0.15) is 36.0 Å². The molecular formula is C22H25N5O4. The average molecular weight is 423 g/mol. The first-order chi connectivity index (χ1) is 15.0. The number of hydrogen-bond donors (Lipinski definition) is 0. The topological polar surface area (TPSA) is 87.5 Å². The van der Waals surface area contributed by atoms with Crippen molar-refractivity contribution in [1.29, 1.82) is 0 Å². The number of carbonyl (C=O) groups excluding carboxylic acids is 3. The smallest absolute Gasteiger partial charge is 0.410 e. The molecule has 5 heterocycles. The molecule has 2 aromatic rings. The highest BCUT2D eigenvalue weighted by atomic mass is 16.6. The third-order valence-electron chi connectivity index (χ3n) is 7.28. The molecule has 1 unspecified atom stereocenters. The lowest BCUT2D eigenvalue weighted by Crippen LogP contribution is -2.61. The highest BCUT2D eigenvalue weighted by Gasteiger charge is 2.57. The summed E-state index contributed by atoms with van der Waals surface area (Å²) < 4.78 is 7.75. The lowest BCUT2D eigenvalue weighted by Gasteiger charge is -2.45. The molecule has 1 saturated carbocycles. The van der Waals surface area contributed by atoms with Crippen molar-refractivity contribution in [1.82, 2.24) is 24.1 Å². The summed E-state index contributed by atoms with van der Waals surface area (Å²) in [6.45, 7) is 2.61. The van der Waals surface area contributed by atoms with Crippen LogP contribution in [-0.2, 0) is 9.53 Å². The second kappa shape index (κ2) is 6.70. The zero-order chi connectivity index (χ0) is 21.2. The van der Waals surface area contributed by atoms with Crippen molar-refractivity contribution < 1.29 is 19.1 Å². The van der Waals surface area contributed by atoms with E-state index in [4.69, 9.17) is 4.74 Å². The molecule has 0 bridgehead atoms. The fourth-order valence-electron chi connectivity index (χ4n) is 5.30. The molecule has 162 valence electrons. The second-order valence-electron chi connectivity index (χ2n) is 9.10. The van der Waals surface area contributed by atoms with E-state index in [-0.39, 0.29) is 29.9 Å². The Labute approximate surface area is 179 Å². The van der Waals surface area contributed by atoms with Crippen molar-refractivity contribution in [3.63, 3.8) is 0 Å². The van der Waals surface area contributed by atoms with Gasteiger partial charge in [0.25, 0.3) is 5.91 Å². The SMILES string of the molecule is O=C(c1ccc2nccn2c1)N1CCN2C(=O)OC3(CCN(C(=O)C4CC4)CC3)C2C1. The molecule has 1 atom stereocenters. The Hall–Kier alpha value is -3.10. The largest absolute Gasteiger partial charge is 0.440 e. The molecule has 1 spiro atoms. The Morgan fingerprint density at radius 2 is 1.87 bits per heavy atom. The van der Waals surface area contributed by atoms with E-state index in [0.29, 0.717) is 51.1 Å². The average Bonchev–Trinajstić information content (AvgIpc) is 3.48. The number of amides is 3. The number of carbonyl (C=O) groups is 3. The first kappa shape index (κ1) is 18.7. The van der Waals surface area contributed by atoms with Crippen LogP contribution < -0.4 is 0 Å². The molecule has 6 rings (SSSR count). The van der Waals surface area contributed by atoms with E-state index in [1.54, 1.807) is 23.4 Å². The minimum atomic E-state index is -0.620. The van der Waals surface area contributed by atoms with Crippen LogP contribution in [0.3, 0.4) is 0 Å². The number of hydrogen-bond acceptors (Lipinski definition) is 5. The molecule has 0 N–H and O–H groups in total. The maximum Gasteiger partial charge on any atom is 0.410 e. The van der Waals surface area contributed by atoms with Crippen LogP contribution in [0, 0.1) is 5.92 Å². The maximum atomic E-state index is 13.2. The minimum Gasteiger partial charge on any atom is -0.440 e. The van der Waals surface area contributed by atoms with Gasteiger partial charge >= 0.3 is 6.09 Å². The van der Waals surface area contributed by atoms with Gasteiger partial charge in [0.1, 0.15) is 11.2 Å². The normalized spacial score (nSPS) is 25.1. The number of piperazine rings is 1. The minimum absolute atomic E-state index is 0.0499. The molecule has 9 heteroatoms. The monoisotopic (exact) mass is 423 g/mol. The number of nitrogens with zero attached hydrogens (tertiary/aromatic N) is 5. The summed E-state index contributed by atoms with van der Waals surface area (Å²) in [4.78, 5) is 48.0. The summed E-state index contributed by atoms with van der Waals surface area (Å²) >= 11 is 0. The van der Waals surface area contributed by atoms with Crippen LogP contribution in [0.5, 0.6) is 0 Å². The molecular weight excluding hydrogens is 398 g/mol. The van der Waals surface area contributed by atoms with Crippen LogP contribution in [0.4, 0.5) is 4.79 Å². The van der Waals surface area contributed by atoms with Crippen molar-refractivity contribution in [2.45, 2.75) is 37.3 Å². The van der Waals surface area contributed by atoms with Gasteiger partial charge < -0.3 is 18.9 Å². The first-order valence-corrected chi connectivity index (χ1v) is 11.0. The van der Waals surface area contributed by atoms with E-state index < -0.39 is 5.60 Å². The predicted molar refractivity (Wildman–Crippen MR) is 109 cm³/mol. The van der Waals surface area contributed by atoms with Gasteiger partial charge in [-0.05, 0) is 25.0 Å². The van der Waals surface area contributed by atoms with E-state index in [1.165, 1.54) is 0 Å². The lowest BCUT2D eigenvalue weighted by molar-refractivity contribution is -0.136. The number of aromatic nitrogens is 2. The van der Waals surface area contributed by atoms with Gasteiger partial charge in [-0.15, -0.1) is 0 Å². The summed E-state index contributed by atoms with van der Waals surface area (Å²) in [5.74, 6) is 0.393. The molecule has 3 aliphatic heterocycles. The quantitative estimate of drug-likeness (QED) is 0.728. The summed E-state index contributed by atoms with van der Waals surface area (Å²) in [6, 6.07) is 3.46. The number of piperidine rings is 1. The van der Waals surface area contributed by atoms with E-state index in [1.807, 2.05) is 26.5 Å². The highest BCUT2D eigenvalue weighted by molar-refractivity contribution is 5.94. The van der Waals surface area contributed by atoms with Gasteiger partial charge in [0.15, 0.2) is 0 Å². The van der Waals surface area contributed by atoms with E-state index in [0.717, 1.165) is 18.5 Å². The molecule has 3 saturated heterocycles. The van der Waals surface area contributed by atoms with Crippen LogP contribution in [-0.4, -0.2) is 86.4 Å². The van der Waals surface area contributed by atoms with Crippen LogP contribution in [0.2, 0.25) is 0 Å². The van der Waals surface area contributed by atoms with Crippen LogP contribution in [0.15, 0.2) is 30.7 Å². The van der Waals surface area contributed by atoms with Crippen molar-refractivity contribution >= 4 is 23.6 Å². The van der Waals surface area contributed by atoms with Crippen LogP contribution in [0.25, 0.3) is 5.65 Å². The number of ether oxygens (including phenoxy) is 1. The molecule has 1 aliphatic carbocycles. The zero-order valence-corrected chi connectivity index (χ0v) is 17.3. The Kier molecular flexibility index (Phi) is 4.03. The van der Waals surface area contributed by atoms with Gasteiger partial charge in [0.05, 0.1) is 11.6 Å². The molecule has 0 aromatic carbocycles. The summed E-state index contributed by atoms with van der Waals surface area (Å²) in [5, 5.41) is 0. The number of imidazole rings is 1. The zero-order valence-electron chi connectivity index (χ0n) is 17.3. The molecule has 0 radical (unpaired) electrons.